The smallest absolute Gasteiger partial charge is 0.237 e. The monoisotopic (exact) mass is 302 g/mol. The molecular formula is C16H18N2O2S. The van der Waals surface area contributed by atoms with Gasteiger partial charge in [0.05, 0.1) is 11.5 Å². The van der Waals surface area contributed by atoms with E-state index in [1.54, 1.807) is 11.9 Å². The van der Waals surface area contributed by atoms with E-state index in [1.165, 1.54) is 0 Å². The molecule has 2 rings (SSSR count). The molecule has 0 aliphatic carbocycles. The maximum Gasteiger partial charge on any atom is 0.237 e. The van der Waals surface area contributed by atoms with Crippen LogP contribution in [0.2, 0.25) is 0 Å². The SMILES string of the molecule is Cc1ccc(CN(C)C(=O)C(C(N)=S)c2ccccc2)o1. The number of amides is 1. The van der Waals surface area contributed by atoms with Crippen molar-refractivity contribution in [2.45, 2.75) is 19.4 Å². The first kappa shape index (κ1) is 15.3. The van der Waals surface area contributed by atoms with E-state index in [1.807, 2.05) is 49.4 Å². The van der Waals surface area contributed by atoms with Crippen molar-refractivity contribution in [1.82, 2.24) is 4.90 Å². The summed E-state index contributed by atoms with van der Waals surface area (Å²) in [6.45, 7) is 2.26. The highest BCUT2D eigenvalue weighted by molar-refractivity contribution is 7.80. The van der Waals surface area contributed by atoms with Crippen molar-refractivity contribution < 1.29 is 9.21 Å². The number of furan rings is 1. The third kappa shape index (κ3) is 3.70. The van der Waals surface area contributed by atoms with Crippen LogP contribution >= 0.6 is 12.2 Å². The Morgan fingerprint density at radius 3 is 2.48 bits per heavy atom. The third-order valence-electron chi connectivity index (χ3n) is 3.23. The van der Waals surface area contributed by atoms with Gasteiger partial charge in [0.2, 0.25) is 5.91 Å². The van der Waals surface area contributed by atoms with Gasteiger partial charge in [-0.25, -0.2) is 0 Å². The molecule has 1 heterocycles. The van der Waals surface area contributed by atoms with Crippen molar-refractivity contribution in [2.24, 2.45) is 5.73 Å². The number of rotatable bonds is 5. The van der Waals surface area contributed by atoms with Gasteiger partial charge >= 0.3 is 0 Å². The van der Waals surface area contributed by atoms with Crippen LogP contribution in [0, 0.1) is 6.92 Å². The Labute approximate surface area is 129 Å². The molecular weight excluding hydrogens is 284 g/mol. The molecule has 1 amide bonds. The van der Waals surface area contributed by atoms with Crippen molar-refractivity contribution >= 4 is 23.1 Å². The summed E-state index contributed by atoms with van der Waals surface area (Å²) in [5.74, 6) is 0.808. The molecule has 4 nitrogen and oxygen atoms in total. The van der Waals surface area contributed by atoms with E-state index in [9.17, 15) is 4.79 Å². The fraction of sp³-hybridized carbons (Fsp3) is 0.250. The molecule has 0 spiro atoms. The van der Waals surface area contributed by atoms with Crippen LogP contribution in [0.15, 0.2) is 46.9 Å². The standard InChI is InChI=1S/C16H18N2O2S/c1-11-8-9-13(20-11)10-18(2)16(19)14(15(17)21)12-6-4-3-5-7-12/h3-9,14H,10H2,1-2H3,(H2,17,21). The van der Waals surface area contributed by atoms with Crippen molar-refractivity contribution in [3.8, 4) is 0 Å². The van der Waals surface area contributed by atoms with Crippen LogP contribution in [0.3, 0.4) is 0 Å². The minimum absolute atomic E-state index is 0.136. The molecule has 0 bridgehead atoms. The van der Waals surface area contributed by atoms with Gasteiger partial charge in [0, 0.05) is 7.05 Å². The quantitative estimate of drug-likeness (QED) is 0.863. The second-order valence-corrected chi connectivity index (χ2v) is 5.42. The summed E-state index contributed by atoms with van der Waals surface area (Å²) in [4.78, 5) is 14.4. The predicted molar refractivity (Wildman–Crippen MR) is 85.9 cm³/mol. The highest BCUT2D eigenvalue weighted by atomic mass is 32.1. The van der Waals surface area contributed by atoms with E-state index >= 15 is 0 Å². The molecule has 0 radical (unpaired) electrons. The average Bonchev–Trinajstić information content (AvgIpc) is 2.85. The molecule has 110 valence electrons. The zero-order chi connectivity index (χ0) is 15.4. The van der Waals surface area contributed by atoms with Gasteiger partial charge in [-0.2, -0.15) is 0 Å². The van der Waals surface area contributed by atoms with Crippen molar-refractivity contribution in [2.75, 3.05) is 7.05 Å². The summed E-state index contributed by atoms with van der Waals surface area (Å²) >= 11 is 5.07. The Balaban J connectivity index is 2.17. The number of hydrogen-bond acceptors (Lipinski definition) is 3. The molecule has 0 aliphatic heterocycles. The molecule has 1 aromatic heterocycles. The summed E-state index contributed by atoms with van der Waals surface area (Å²) in [5, 5.41) is 0. The second kappa shape index (κ2) is 6.54. The van der Waals surface area contributed by atoms with E-state index in [0.717, 1.165) is 17.1 Å². The van der Waals surface area contributed by atoms with Crippen LogP contribution in [-0.2, 0) is 11.3 Å². The van der Waals surface area contributed by atoms with Crippen molar-refractivity contribution in [3.63, 3.8) is 0 Å². The van der Waals surface area contributed by atoms with Crippen LogP contribution in [0.4, 0.5) is 0 Å². The summed E-state index contributed by atoms with van der Waals surface area (Å²) in [6, 6.07) is 13.1. The zero-order valence-electron chi connectivity index (χ0n) is 12.1. The molecule has 0 aliphatic rings. The van der Waals surface area contributed by atoms with Crippen LogP contribution < -0.4 is 5.73 Å². The summed E-state index contributed by atoms with van der Waals surface area (Å²) in [7, 11) is 1.72. The van der Waals surface area contributed by atoms with Gasteiger partial charge in [-0.1, -0.05) is 42.5 Å². The van der Waals surface area contributed by atoms with Gasteiger partial charge in [-0.15, -0.1) is 0 Å². The van der Waals surface area contributed by atoms with E-state index in [2.05, 4.69) is 0 Å². The number of carbonyl (C=O) groups excluding carboxylic acids is 1. The normalized spacial score (nSPS) is 11.9. The topological polar surface area (TPSA) is 59.5 Å². The molecule has 0 saturated carbocycles. The number of aryl methyl sites for hydroxylation is 1. The second-order valence-electron chi connectivity index (χ2n) is 4.95. The molecule has 0 saturated heterocycles. The Morgan fingerprint density at radius 2 is 1.95 bits per heavy atom. The van der Waals surface area contributed by atoms with E-state index in [-0.39, 0.29) is 10.9 Å². The van der Waals surface area contributed by atoms with Gasteiger partial charge in [-0.05, 0) is 24.6 Å². The number of carbonyl (C=O) groups is 1. The molecule has 0 fully saturated rings. The number of nitrogens with two attached hydrogens (primary N) is 1. The predicted octanol–water partition coefficient (Wildman–Crippen LogP) is 2.62. The van der Waals surface area contributed by atoms with Crippen LogP contribution in [0.1, 0.15) is 23.0 Å². The molecule has 2 N–H and O–H groups in total. The number of hydrogen-bond donors (Lipinski definition) is 1. The number of likely N-dealkylation sites (N-methyl/N-ethyl adjacent to an activating group) is 1. The summed E-state index contributed by atoms with van der Waals surface area (Å²) < 4.78 is 5.49. The Morgan fingerprint density at radius 1 is 1.29 bits per heavy atom. The number of thiocarbonyl (C=S) groups is 1. The van der Waals surface area contributed by atoms with E-state index < -0.39 is 5.92 Å². The zero-order valence-corrected chi connectivity index (χ0v) is 12.9. The lowest BCUT2D eigenvalue weighted by Gasteiger charge is -2.22. The minimum atomic E-state index is -0.609. The first-order chi connectivity index (χ1) is 9.99. The number of benzene rings is 1. The maximum atomic E-state index is 12.6. The van der Waals surface area contributed by atoms with Gasteiger partial charge in [0.1, 0.15) is 17.4 Å². The number of nitrogens with zero attached hydrogens (tertiary/aromatic N) is 1. The molecule has 5 heteroatoms. The molecule has 21 heavy (non-hydrogen) atoms. The van der Waals surface area contributed by atoms with Crippen LogP contribution in [-0.4, -0.2) is 22.8 Å². The van der Waals surface area contributed by atoms with Crippen molar-refractivity contribution in [3.05, 3.63) is 59.5 Å². The molecule has 1 atom stereocenters. The fourth-order valence-electron chi connectivity index (χ4n) is 2.18. The Bertz CT molecular complexity index is 637. The van der Waals surface area contributed by atoms with Gasteiger partial charge < -0.3 is 15.1 Å². The van der Waals surface area contributed by atoms with Gasteiger partial charge in [0.15, 0.2) is 0 Å². The third-order valence-corrected chi connectivity index (χ3v) is 3.47. The highest BCUT2D eigenvalue weighted by Gasteiger charge is 2.26. The van der Waals surface area contributed by atoms with Gasteiger partial charge in [-0.3, -0.25) is 4.79 Å². The minimum Gasteiger partial charge on any atom is -0.464 e. The Kier molecular flexibility index (Phi) is 4.75. The highest BCUT2D eigenvalue weighted by Crippen LogP contribution is 2.20. The average molecular weight is 302 g/mol. The summed E-state index contributed by atoms with van der Waals surface area (Å²) in [6.07, 6.45) is 0. The lowest BCUT2D eigenvalue weighted by molar-refractivity contribution is -0.130. The van der Waals surface area contributed by atoms with Crippen LogP contribution in [0.5, 0.6) is 0 Å². The van der Waals surface area contributed by atoms with E-state index in [0.29, 0.717) is 6.54 Å². The van der Waals surface area contributed by atoms with Crippen LogP contribution in [0.25, 0.3) is 0 Å². The Hall–Kier alpha value is -2.14. The largest absolute Gasteiger partial charge is 0.464 e. The molecule has 1 aromatic carbocycles. The molecule has 1 unspecified atom stereocenters. The van der Waals surface area contributed by atoms with E-state index in [4.69, 9.17) is 22.4 Å². The molecule has 2 aromatic rings. The first-order valence-electron chi connectivity index (χ1n) is 6.63. The fourth-order valence-corrected chi connectivity index (χ4v) is 2.41. The first-order valence-corrected chi connectivity index (χ1v) is 7.04. The van der Waals surface area contributed by atoms with Gasteiger partial charge in [0.25, 0.3) is 0 Å². The van der Waals surface area contributed by atoms with Crippen molar-refractivity contribution in [1.29, 1.82) is 0 Å². The maximum absolute atomic E-state index is 12.6. The lowest BCUT2D eigenvalue weighted by Crippen LogP contribution is -2.37. The lowest BCUT2D eigenvalue weighted by atomic mass is 9.97. The summed E-state index contributed by atoms with van der Waals surface area (Å²) in [5.41, 5.74) is 6.57.